The molecule has 0 aliphatic carbocycles. The van der Waals surface area contributed by atoms with Gasteiger partial charge in [0.05, 0.1) is 11.4 Å². The summed E-state index contributed by atoms with van der Waals surface area (Å²) in [6.45, 7) is 7.39. The van der Waals surface area contributed by atoms with E-state index in [1.165, 1.54) is 12.1 Å². The summed E-state index contributed by atoms with van der Waals surface area (Å²) in [5.74, 6) is 1.09. The summed E-state index contributed by atoms with van der Waals surface area (Å²) in [4.78, 5) is 4.22. The molecular formula is C20H31FIN5O. The van der Waals surface area contributed by atoms with Crippen molar-refractivity contribution in [2.45, 2.75) is 26.7 Å². The summed E-state index contributed by atoms with van der Waals surface area (Å²) in [6.07, 6.45) is 3.59. The SMILES string of the molecule is CN=C(NCCCOCC(C)C)NCCc1ccn(-c2ccc(F)cc2)n1.I. The number of benzene rings is 1. The van der Waals surface area contributed by atoms with Crippen molar-refractivity contribution in [2.75, 3.05) is 33.4 Å². The number of aromatic nitrogens is 2. The molecule has 0 amide bonds. The van der Waals surface area contributed by atoms with Crippen molar-refractivity contribution >= 4 is 29.9 Å². The quantitative estimate of drug-likeness (QED) is 0.226. The van der Waals surface area contributed by atoms with E-state index in [4.69, 9.17) is 4.74 Å². The van der Waals surface area contributed by atoms with E-state index in [2.05, 4.69) is 34.6 Å². The second-order valence-electron chi connectivity index (χ2n) is 6.73. The molecule has 0 saturated carbocycles. The van der Waals surface area contributed by atoms with Crippen molar-refractivity contribution in [3.63, 3.8) is 0 Å². The lowest BCUT2D eigenvalue weighted by atomic mass is 10.2. The number of nitrogens with one attached hydrogen (secondary N) is 2. The van der Waals surface area contributed by atoms with E-state index in [0.29, 0.717) is 5.92 Å². The Morgan fingerprint density at radius 3 is 2.57 bits per heavy atom. The van der Waals surface area contributed by atoms with Gasteiger partial charge < -0.3 is 15.4 Å². The lowest BCUT2D eigenvalue weighted by Crippen LogP contribution is -2.39. The second-order valence-corrected chi connectivity index (χ2v) is 6.73. The number of halogens is 2. The highest BCUT2D eigenvalue weighted by atomic mass is 127. The lowest BCUT2D eigenvalue weighted by Gasteiger charge is -2.12. The van der Waals surface area contributed by atoms with Gasteiger partial charge in [-0.3, -0.25) is 4.99 Å². The number of hydrogen-bond donors (Lipinski definition) is 2. The lowest BCUT2D eigenvalue weighted by molar-refractivity contribution is 0.108. The molecule has 2 aromatic rings. The molecule has 0 aliphatic heterocycles. The minimum atomic E-state index is -0.249. The Labute approximate surface area is 184 Å². The zero-order valence-electron chi connectivity index (χ0n) is 16.8. The van der Waals surface area contributed by atoms with Crippen LogP contribution < -0.4 is 10.6 Å². The Morgan fingerprint density at radius 1 is 1.18 bits per heavy atom. The number of nitrogens with zero attached hydrogens (tertiary/aromatic N) is 3. The highest BCUT2D eigenvalue weighted by Gasteiger charge is 2.03. The molecule has 6 nitrogen and oxygen atoms in total. The van der Waals surface area contributed by atoms with Gasteiger partial charge >= 0.3 is 0 Å². The number of rotatable bonds is 10. The molecule has 2 rings (SSSR count). The van der Waals surface area contributed by atoms with Gasteiger partial charge in [0.25, 0.3) is 0 Å². The van der Waals surface area contributed by atoms with Crippen LogP contribution in [0.15, 0.2) is 41.5 Å². The minimum absolute atomic E-state index is 0. The van der Waals surface area contributed by atoms with Crippen molar-refractivity contribution in [3.05, 3.63) is 48.0 Å². The number of hydrogen-bond acceptors (Lipinski definition) is 3. The van der Waals surface area contributed by atoms with Gasteiger partial charge in [-0.2, -0.15) is 5.10 Å². The van der Waals surface area contributed by atoms with Gasteiger partial charge in [0.2, 0.25) is 0 Å². The molecule has 0 spiro atoms. The maximum absolute atomic E-state index is 13.0. The highest BCUT2D eigenvalue weighted by Crippen LogP contribution is 2.09. The molecule has 0 unspecified atom stereocenters. The molecule has 0 bridgehead atoms. The zero-order valence-corrected chi connectivity index (χ0v) is 19.2. The molecule has 0 saturated heterocycles. The summed E-state index contributed by atoms with van der Waals surface area (Å²) in [7, 11) is 1.76. The molecule has 0 atom stereocenters. The van der Waals surface area contributed by atoms with Gasteiger partial charge in [0.1, 0.15) is 5.82 Å². The molecule has 156 valence electrons. The summed E-state index contributed by atoms with van der Waals surface area (Å²) < 4.78 is 20.3. The fourth-order valence-electron chi connectivity index (χ4n) is 2.46. The summed E-state index contributed by atoms with van der Waals surface area (Å²) >= 11 is 0. The minimum Gasteiger partial charge on any atom is -0.381 e. The second kappa shape index (κ2) is 13.5. The van der Waals surface area contributed by atoms with Gasteiger partial charge in [-0.25, -0.2) is 9.07 Å². The molecule has 1 heterocycles. The molecule has 0 aliphatic rings. The maximum Gasteiger partial charge on any atom is 0.190 e. The Balaban J connectivity index is 0.00000392. The number of aliphatic imine (C=N–C) groups is 1. The van der Waals surface area contributed by atoms with E-state index >= 15 is 0 Å². The average Bonchev–Trinajstić information content (AvgIpc) is 3.12. The monoisotopic (exact) mass is 503 g/mol. The largest absolute Gasteiger partial charge is 0.381 e. The topological polar surface area (TPSA) is 63.5 Å². The molecule has 8 heteroatoms. The van der Waals surface area contributed by atoms with Gasteiger partial charge in [-0.15, -0.1) is 24.0 Å². The van der Waals surface area contributed by atoms with Crippen molar-refractivity contribution in [3.8, 4) is 5.69 Å². The van der Waals surface area contributed by atoms with Crippen LogP contribution in [0.4, 0.5) is 4.39 Å². The van der Waals surface area contributed by atoms with Crippen molar-refractivity contribution in [2.24, 2.45) is 10.9 Å². The van der Waals surface area contributed by atoms with Crippen LogP contribution in [0.3, 0.4) is 0 Å². The van der Waals surface area contributed by atoms with E-state index < -0.39 is 0 Å². The zero-order chi connectivity index (χ0) is 19.5. The first-order valence-electron chi connectivity index (χ1n) is 9.41. The van der Waals surface area contributed by atoms with Crippen LogP contribution in [0, 0.1) is 11.7 Å². The summed E-state index contributed by atoms with van der Waals surface area (Å²) in [5, 5.41) is 11.1. The first-order valence-corrected chi connectivity index (χ1v) is 9.41. The van der Waals surface area contributed by atoms with Gasteiger partial charge in [0, 0.05) is 46.0 Å². The van der Waals surface area contributed by atoms with Crippen molar-refractivity contribution in [1.29, 1.82) is 0 Å². The van der Waals surface area contributed by atoms with Crippen molar-refractivity contribution in [1.82, 2.24) is 20.4 Å². The van der Waals surface area contributed by atoms with Crippen LogP contribution >= 0.6 is 24.0 Å². The van der Waals surface area contributed by atoms with E-state index in [9.17, 15) is 4.39 Å². The van der Waals surface area contributed by atoms with Gasteiger partial charge in [0.15, 0.2) is 5.96 Å². The molecular weight excluding hydrogens is 472 g/mol. The fraction of sp³-hybridized carbons (Fsp3) is 0.500. The third kappa shape index (κ3) is 9.01. The van der Waals surface area contributed by atoms with E-state index in [-0.39, 0.29) is 29.8 Å². The first kappa shape index (κ1) is 24.4. The van der Waals surface area contributed by atoms with E-state index in [1.54, 1.807) is 23.9 Å². The maximum atomic E-state index is 13.0. The number of guanidine groups is 1. The Morgan fingerprint density at radius 2 is 1.89 bits per heavy atom. The van der Waals surface area contributed by atoms with Gasteiger partial charge in [-0.05, 0) is 42.7 Å². The van der Waals surface area contributed by atoms with Gasteiger partial charge in [-0.1, -0.05) is 13.8 Å². The predicted octanol–water partition coefficient (Wildman–Crippen LogP) is 3.40. The number of ether oxygens (including phenoxy) is 1. The average molecular weight is 503 g/mol. The van der Waals surface area contributed by atoms with Crippen molar-refractivity contribution < 1.29 is 9.13 Å². The summed E-state index contributed by atoms with van der Waals surface area (Å²) in [5.41, 5.74) is 1.80. The van der Waals surface area contributed by atoms with E-state index in [0.717, 1.165) is 56.5 Å². The Kier molecular flexibility index (Phi) is 11.7. The Hall–Kier alpha value is -1.68. The third-order valence-electron chi connectivity index (χ3n) is 3.84. The van der Waals surface area contributed by atoms with Crippen LogP contribution in [-0.4, -0.2) is 49.1 Å². The predicted molar refractivity (Wildman–Crippen MR) is 122 cm³/mol. The smallest absolute Gasteiger partial charge is 0.190 e. The molecule has 2 N–H and O–H groups in total. The Bertz CT molecular complexity index is 703. The molecule has 28 heavy (non-hydrogen) atoms. The third-order valence-corrected chi connectivity index (χ3v) is 3.84. The molecule has 0 fully saturated rings. The first-order chi connectivity index (χ1) is 13.1. The molecule has 1 aromatic heterocycles. The fourth-order valence-corrected chi connectivity index (χ4v) is 2.46. The highest BCUT2D eigenvalue weighted by molar-refractivity contribution is 14.0. The van der Waals surface area contributed by atoms with Crippen LogP contribution in [0.25, 0.3) is 5.69 Å². The molecule has 1 aromatic carbocycles. The van der Waals surface area contributed by atoms with Crippen LogP contribution in [-0.2, 0) is 11.2 Å². The standard InChI is InChI=1S/C20H30FN5O.HI/c1-16(2)15-27-14-4-11-23-20(22-3)24-12-9-18-10-13-26(25-18)19-7-5-17(21)6-8-19;/h5-8,10,13,16H,4,9,11-12,14-15H2,1-3H3,(H2,22,23,24);1H. The van der Waals surface area contributed by atoms with Crippen LogP contribution in [0.5, 0.6) is 0 Å². The van der Waals surface area contributed by atoms with Crippen LogP contribution in [0.1, 0.15) is 26.0 Å². The normalized spacial score (nSPS) is 11.4. The van der Waals surface area contributed by atoms with E-state index in [1.807, 2.05) is 12.3 Å². The summed E-state index contributed by atoms with van der Waals surface area (Å²) in [6, 6.07) is 8.25. The van der Waals surface area contributed by atoms with Crippen LogP contribution in [0.2, 0.25) is 0 Å². The molecule has 0 radical (unpaired) electrons.